The number of amides is 2. The van der Waals surface area contributed by atoms with E-state index in [1.54, 1.807) is 18.5 Å². The monoisotopic (exact) mass is 429 g/mol. The number of nitrogens with zero attached hydrogens (tertiary/aromatic N) is 5. The van der Waals surface area contributed by atoms with Gasteiger partial charge in [0, 0.05) is 56.5 Å². The molecule has 1 fully saturated rings. The minimum atomic E-state index is -0.103. The molecule has 2 aliphatic rings. The van der Waals surface area contributed by atoms with Gasteiger partial charge in [0.25, 0.3) is 11.8 Å². The van der Waals surface area contributed by atoms with Crippen molar-refractivity contribution in [3.63, 3.8) is 0 Å². The number of rotatable bonds is 3. The summed E-state index contributed by atoms with van der Waals surface area (Å²) in [4.78, 5) is 39.1. The molecule has 2 aliphatic heterocycles. The van der Waals surface area contributed by atoms with Crippen molar-refractivity contribution in [1.29, 1.82) is 0 Å². The molecular formula is C25H27N5O2. The summed E-state index contributed by atoms with van der Waals surface area (Å²) in [6.07, 6.45) is 9.72. The molecule has 1 saturated heterocycles. The number of aryl methyl sites for hydroxylation is 1. The van der Waals surface area contributed by atoms with Crippen molar-refractivity contribution in [2.75, 3.05) is 19.6 Å². The van der Waals surface area contributed by atoms with Gasteiger partial charge in [-0.2, -0.15) is 0 Å². The molecule has 0 bridgehead atoms. The predicted octanol–water partition coefficient (Wildman–Crippen LogP) is 3.42. The summed E-state index contributed by atoms with van der Waals surface area (Å²) in [7, 11) is 0. The molecule has 5 rings (SSSR count). The summed E-state index contributed by atoms with van der Waals surface area (Å²) in [5.41, 5.74) is 1.33. The van der Waals surface area contributed by atoms with Gasteiger partial charge in [-0.05, 0) is 49.4 Å². The molecule has 2 amide bonds. The second-order valence-corrected chi connectivity index (χ2v) is 8.51. The Morgan fingerprint density at radius 1 is 0.844 bits per heavy atom. The molecule has 0 saturated carbocycles. The van der Waals surface area contributed by atoms with Crippen molar-refractivity contribution in [1.82, 2.24) is 24.3 Å². The second-order valence-electron chi connectivity index (χ2n) is 8.51. The first-order valence-corrected chi connectivity index (χ1v) is 11.3. The molecule has 164 valence electrons. The average Bonchev–Trinajstić information content (AvgIpc) is 3.24. The van der Waals surface area contributed by atoms with Crippen LogP contribution < -0.4 is 0 Å². The van der Waals surface area contributed by atoms with Gasteiger partial charge in [0.05, 0.1) is 11.6 Å². The fraction of sp³-hybridized carbons (Fsp3) is 0.360. The Morgan fingerprint density at radius 3 is 2.38 bits per heavy atom. The fourth-order valence-corrected chi connectivity index (χ4v) is 5.00. The van der Waals surface area contributed by atoms with Gasteiger partial charge in [0.1, 0.15) is 5.82 Å². The molecule has 1 atom stereocenters. The molecule has 0 spiro atoms. The van der Waals surface area contributed by atoms with E-state index in [9.17, 15) is 9.59 Å². The average molecular weight is 430 g/mol. The maximum atomic E-state index is 13.5. The molecular weight excluding hydrogens is 402 g/mol. The van der Waals surface area contributed by atoms with E-state index in [0.717, 1.165) is 37.2 Å². The highest BCUT2D eigenvalue weighted by molar-refractivity contribution is 5.94. The number of imidazole rings is 1. The molecule has 0 aliphatic carbocycles. The second kappa shape index (κ2) is 8.94. The van der Waals surface area contributed by atoms with Crippen LogP contribution >= 0.6 is 0 Å². The van der Waals surface area contributed by atoms with E-state index in [1.165, 1.54) is 0 Å². The minimum Gasteiger partial charge on any atom is -0.339 e. The van der Waals surface area contributed by atoms with Gasteiger partial charge in [-0.25, -0.2) is 4.98 Å². The maximum Gasteiger partial charge on any atom is 0.256 e. The fourth-order valence-electron chi connectivity index (χ4n) is 5.00. The third kappa shape index (κ3) is 3.90. The topological polar surface area (TPSA) is 71.3 Å². The van der Waals surface area contributed by atoms with Gasteiger partial charge < -0.3 is 14.4 Å². The quantitative estimate of drug-likeness (QED) is 0.640. The SMILES string of the molecule is O=C(c1ccccc1)N1CCC(C2c3nccn3CCCN2C(=O)c2cccnc2)CC1. The smallest absolute Gasteiger partial charge is 0.256 e. The summed E-state index contributed by atoms with van der Waals surface area (Å²) in [5, 5.41) is 0. The van der Waals surface area contributed by atoms with Gasteiger partial charge in [-0.15, -0.1) is 0 Å². The van der Waals surface area contributed by atoms with Crippen LogP contribution in [0.1, 0.15) is 51.8 Å². The molecule has 7 heteroatoms. The third-order valence-corrected chi connectivity index (χ3v) is 6.61. The Balaban J connectivity index is 1.38. The van der Waals surface area contributed by atoms with Crippen molar-refractivity contribution in [2.24, 2.45) is 5.92 Å². The number of carbonyl (C=O) groups is 2. The van der Waals surface area contributed by atoms with E-state index in [-0.39, 0.29) is 23.8 Å². The minimum absolute atomic E-state index is 0.00217. The van der Waals surface area contributed by atoms with Gasteiger partial charge in [-0.3, -0.25) is 14.6 Å². The van der Waals surface area contributed by atoms with E-state index in [1.807, 2.05) is 58.6 Å². The maximum absolute atomic E-state index is 13.5. The molecule has 0 N–H and O–H groups in total. The largest absolute Gasteiger partial charge is 0.339 e. The number of hydrogen-bond donors (Lipinski definition) is 0. The first kappa shape index (κ1) is 20.4. The normalized spacial score (nSPS) is 19.3. The Labute approximate surface area is 187 Å². The lowest BCUT2D eigenvalue weighted by atomic mass is 9.87. The first-order chi connectivity index (χ1) is 15.7. The van der Waals surface area contributed by atoms with Crippen LogP contribution in [-0.2, 0) is 6.54 Å². The van der Waals surface area contributed by atoms with Gasteiger partial charge in [-0.1, -0.05) is 18.2 Å². The van der Waals surface area contributed by atoms with Crippen LogP contribution in [0, 0.1) is 5.92 Å². The van der Waals surface area contributed by atoms with Gasteiger partial charge in [0.2, 0.25) is 0 Å². The zero-order chi connectivity index (χ0) is 21.9. The van der Waals surface area contributed by atoms with Crippen LogP contribution in [0.15, 0.2) is 67.3 Å². The third-order valence-electron chi connectivity index (χ3n) is 6.61. The zero-order valence-corrected chi connectivity index (χ0v) is 18.0. The molecule has 3 aromatic rings. The van der Waals surface area contributed by atoms with Crippen molar-refractivity contribution >= 4 is 11.8 Å². The van der Waals surface area contributed by atoms with E-state index in [4.69, 9.17) is 0 Å². The van der Waals surface area contributed by atoms with Gasteiger partial charge in [0.15, 0.2) is 0 Å². The van der Waals surface area contributed by atoms with E-state index >= 15 is 0 Å². The lowest BCUT2D eigenvalue weighted by molar-refractivity contribution is 0.0459. The van der Waals surface area contributed by atoms with Crippen molar-refractivity contribution in [2.45, 2.75) is 31.8 Å². The number of piperidine rings is 1. The zero-order valence-electron chi connectivity index (χ0n) is 18.0. The molecule has 7 nitrogen and oxygen atoms in total. The Kier molecular flexibility index (Phi) is 5.71. The van der Waals surface area contributed by atoms with Gasteiger partial charge >= 0.3 is 0 Å². The van der Waals surface area contributed by atoms with Crippen LogP contribution in [0.4, 0.5) is 0 Å². The van der Waals surface area contributed by atoms with E-state index in [2.05, 4.69) is 14.5 Å². The number of benzene rings is 1. The number of aromatic nitrogens is 3. The predicted molar refractivity (Wildman–Crippen MR) is 120 cm³/mol. The molecule has 4 heterocycles. The summed E-state index contributed by atoms with van der Waals surface area (Å²) >= 11 is 0. The van der Waals surface area contributed by atoms with Crippen LogP contribution in [0.3, 0.4) is 0 Å². The summed E-state index contributed by atoms with van der Waals surface area (Å²) < 4.78 is 2.18. The van der Waals surface area contributed by atoms with Crippen LogP contribution in [-0.4, -0.2) is 55.8 Å². The van der Waals surface area contributed by atoms with Crippen molar-refractivity contribution in [3.8, 4) is 0 Å². The molecule has 1 aromatic carbocycles. The van der Waals surface area contributed by atoms with E-state index in [0.29, 0.717) is 25.2 Å². The highest BCUT2D eigenvalue weighted by Gasteiger charge is 2.39. The molecule has 1 unspecified atom stereocenters. The van der Waals surface area contributed by atoms with Crippen molar-refractivity contribution < 1.29 is 9.59 Å². The number of carbonyl (C=O) groups excluding carboxylic acids is 2. The summed E-state index contributed by atoms with van der Waals surface area (Å²) in [6, 6.07) is 13.0. The number of pyridine rings is 1. The Bertz CT molecular complexity index is 1070. The number of hydrogen-bond acceptors (Lipinski definition) is 4. The molecule has 2 aromatic heterocycles. The summed E-state index contributed by atoms with van der Waals surface area (Å²) in [5.74, 6) is 1.28. The van der Waals surface area contributed by atoms with Crippen molar-refractivity contribution in [3.05, 3.63) is 84.2 Å². The van der Waals surface area contributed by atoms with E-state index < -0.39 is 0 Å². The number of likely N-dealkylation sites (tertiary alicyclic amines) is 1. The standard InChI is InChI=1S/C25H27N5O2/c31-24(20-6-2-1-3-7-20)29-15-9-19(10-16-29)22-23-27-12-17-28(23)13-5-14-30(22)25(32)21-8-4-11-26-18-21/h1-4,6-8,11-12,17-19,22H,5,9-10,13-16H2. The highest BCUT2D eigenvalue weighted by atomic mass is 16.2. The van der Waals surface area contributed by atoms with Crippen LogP contribution in [0.2, 0.25) is 0 Å². The molecule has 32 heavy (non-hydrogen) atoms. The van der Waals surface area contributed by atoms with Crippen LogP contribution in [0.25, 0.3) is 0 Å². The number of fused-ring (bicyclic) bond motifs is 1. The highest BCUT2D eigenvalue weighted by Crippen LogP contribution is 2.37. The lowest BCUT2D eigenvalue weighted by Crippen LogP contribution is -2.45. The molecule has 0 radical (unpaired) electrons. The Hall–Kier alpha value is -3.48. The lowest BCUT2D eigenvalue weighted by Gasteiger charge is -2.40. The summed E-state index contributed by atoms with van der Waals surface area (Å²) in [6.45, 7) is 2.91. The first-order valence-electron chi connectivity index (χ1n) is 11.3. The van der Waals surface area contributed by atoms with Crippen LogP contribution in [0.5, 0.6) is 0 Å². The Morgan fingerprint density at radius 2 is 1.62 bits per heavy atom.